The maximum atomic E-state index is 8.70. The van der Waals surface area contributed by atoms with Gasteiger partial charge in [-0.2, -0.15) is 0 Å². The van der Waals surface area contributed by atoms with Crippen LogP contribution >= 0.6 is 23.1 Å². The lowest BCUT2D eigenvalue weighted by molar-refractivity contribution is 0.318. The number of nitrogens with zero attached hydrogens (tertiary/aromatic N) is 3. The summed E-state index contributed by atoms with van der Waals surface area (Å²) >= 11 is 3.00. The van der Waals surface area contributed by atoms with Gasteiger partial charge in [0.25, 0.3) is 0 Å². The molecule has 2 aromatic heterocycles. The Labute approximate surface area is 106 Å². The number of thiazole rings is 1. The smallest absolute Gasteiger partial charge is 0.171 e. The highest BCUT2D eigenvalue weighted by Crippen LogP contribution is 2.31. The van der Waals surface area contributed by atoms with Crippen LogP contribution in [0.1, 0.15) is 11.3 Å². The van der Waals surface area contributed by atoms with Gasteiger partial charge in [0.2, 0.25) is 0 Å². The second kappa shape index (κ2) is 5.15. The van der Waals surface area contributed by atoms with Crippen molar-refractivity contribution in [3.8, 4) is 0 Å². The number of nitrogens with two attached hydrogens (primary N) is 1. The molecule has 0 radical (unpaired) electrons. The molecular formula is C10H10N4OS2. The fraction of sp³-hybridized carbons (Fsp3) is 0.100. The van der Waals surface area contributed by atoms with Crippen LogP contribution in [0.4, 0.5) is 0 Å². The third-order valence-corrected chi connectivity index (χ3v) is 4.07. The molecule has 88 valence electrons. The molecule has 17 heavy (non-hydrogen) atoms. The van der Waals surface area contributed by atoms with Crippen molar-refractivity contribution in [2.75, 3.05) is 0 Å². The summed E-state index contributed by atoms with van der Waals surface area (Å²) in [5.74, 6) is 0.0724. The van der Waals surface area contributed by atoms with E-state index in [0.717, 1.165) is 14.9 Å². The molecule has 0 unspecified atom stereocenters. The molecule has 0 saturated heterocycles. The minimum absolute atomic E-state index is 0.0724. The highest BCUT2D eigenvalue weighted by Gasteiger charge is 2.10. The first-order valence-electron chi connectivity index (χ1n) is 4.72. The van der Waals surface area contributed by atoms with Gasteiger partial charge in [0.15, 0.2) is 10.2 Å². The van der Waals surface area contributed by atoms with Crippen molar-refractivity contribution < 1.29 is 5.21 Å². The fourth-order valence-electron chi connectivity index (χ4n) is 1.20. The van der Waals surface area contributed by atoms with Gasteiger partial charge < -0.3 is 10.9 Å². The van der Waals surface area contributed by atoms with E-state index in [1.165, 1.54) is 11.8 Å². The molecule has 0 aromatic carbocycles. The Hall–Kier alpha value is -1.60. The molecule has 5 nitrogen and oxygen atoms in total. The van der Waals surface area contributed by atoms with Crippen LogP contribution in [0.2, 0.25) is 0 Å². The minimum atomic E-state index is 0.0724. The summed E-state index contributed by atoms with van der Waals surface area (Å²) in [5, 5.41) is 13.7. The summed E-state index contributed by atoms with van der Waals surface area (Å²) in [6, 6.07) is 1.71. The van der Waals surface area contributed by atoms with Crippen LogP contribution in [0.25, 0.3) is 0 Å². The summed E-state index contributed by atoms with van der Waals surface area (Å²) in [7, 11) is 0. The van der Waals surface area contributed by atoms with Crippen molar-refractivity contribution in [2.24, 2.45) is 10.9 Å². The second-order valence-electron chi connectivity index (χ2n) is 3.21. The van der Waals surface area contributed by atoms with Crippen molar-refractivity contribution in [1.82, 2.24) is 9.97 Å². The van der Waals surface area contributed by atoms with E-state index < -0.39 is 0 Å². The van der Waals surface area contributed by atoms with Crippen molar-refractivity contribution in [1.29, 1.82) is 0 Å². The summed E-state index contributed by atoms with van der Waals surface area (Å²) in [4.78, 5) is 9.19. The molecule has 0 spiro atoms. The second-order valence-corrected chi connectivity index (χ2v) is 5.36. The summed E-state index contributed by atoms with van der Waals surface area (Å²) < 4.78 is 0.905. The molecule has 2 heterocycles. The lowest BCUT2D eigenvalue weighted by atomic mass is 10.2. The molecule has 0 aliphatic carbocycles. The molecule has 0 atom stereocenters. The molecule has 2 aromatic rings. The van der Waals surface area contributed by atoms with Gasteiger partial charge in [0.05, 0.1) is 0 Å². The van der Waals surface area contributed by atoms with E-state index in [0.29, 0.717) is 5.56 Å². The Kier molecular flexibility index (Phi) is 3.60. The Balaban J connectivity index is 2.32. The van der Waals surface area contributed by atoms with Gasteiger partial charge in [0.1, 0.15) is 0 Å². The number of hydrogen-bond donors (Lipinski definition) is 2. The molecule has 0 bridgehead atoms. The zero-order chi connectivity index (χ0) is 12.3. The first-order chi connectivity index (χ1) is 8.20. The number of oxime groups is 1. The average molecular weight is 266 g/mol. The van der Waals surface area contributed by atoms with Crippen molar-refractivity contribution in [2.45, 2.75) is 16.2 Å². The van der Waals surface area contributed by atoms with E-state index in [1.54, 1.807) is 29.8 Å². The molecule has 3 N–H and O–H groups in total. The van der Waals surface area contributed by atoms with Crippen molar-refractivity contribution in [3.05, 3.63) is 35.1 Å². The van der Waals surface area contributed by atoms with Crippen LogP contribution < -0.4 is 5.73 Å². The first kappa shape index (κ1) is 11.9. The Bertz CT molecular complexity index is 553. The van der Waals surface area contributed by atoms with Gasteiger partial charge >= 0.3 is 0 Å². The number of rotatable bonds is 3. The zero-order valence-corrected chi connectivity index (χ0v) is 10.6. The molecule has 2 rings (SSSR count). The quantitative estimate of drug-likeness (QED) is 0.384. The zero-order valence-electron chi connectivity index (χ0n) is 8.99. The molecule has 0 fully saturated rings. The van der Waals surface area contributed by atoms with E-state index >= 15 is 0 Å². The topological polar surface area (TPSA) is 84.4 Å². The number of hydrogen-bond acceptors (Lipinski definition) is 6. The van der Waals surface area contributed by atoms with Gasteiger partial charge in [-0.1, -0.05) is 16.9 Å². The van der Waals surface area contributed by atoms with Gasteiger partial charge in [0, 0.05) is 33.9 Å². The Morgan fingerprint density at radius 1 is 1.59 bits per heavy atom. The maximum Gasteiger partial charge on any atom is 0.171 e. The Morgan fingerprint density at radius 3 is 3.06 bits per heavy atom. The van der Waals surface area contributed by atoms with E-state index in [9.17, 15) is 0 Å². The first-order valence-corrected chi connectivity index (χ1v) is 6.42. The molecule has 0 aliphatic rings. The van der Waals surface area contributed by atoms with Crippen LogP contribution in [0.5, 0.6) is 0 Å². The van der Waals surface area contributed by atoms with E-state index in [4.69, 9.17) is 10.9 Å². The number of amidine groups is 1. The number of aryl methyl sites for hydroxylation is 1. The average Bonchev–Trinajstić information content (AvgIpc) is 2.74. The van der Waals surface area contributed by atoms with Crippen LogP contribution in [0, 0.1) is 6.92 Å². The molecule has 0 saturated carbocycles. The largest absolute Gasteiger partial charge is 0.409 e. The lowest BCUT2D eigenvalue weighted by Crippen LogP contribution is -2.14. The van der Waals surface area contributed by atoms with Crippen LogP contribution in [0.3, 0.4) is 0 Å². The SMILES string of the molecule is Cc1csc(Sc2cnccc2/C(N)=N/O)n1. The lowest BCUT2D eigenvalue weighted by Gasteiger charge is -2.04. The summed E-state index contributed by atoms with van der Waals surface area (Å²) in [6.45, 7) is 1.94. The van der Waals surface area contributed by atoms with Crippen molar-refractivity contribution in [3.63, 3.8) is 0 Å². The van der Waals surface area contributed by atoms with Crippen LogP contribution in [-0.2, 0) is 0 Å². The molecule has 0 aliphatic heterocycles. The minimum Gasteiger partial charge on any atom is -0.409 e. The predicted octanol–water partition coefficient (Wildman–Crippen LogP) is 2.09. The van der Waals surface area contributed by atoms with Crippen LogP contribution in [0.15, 0.2) is 38.2 Å². The maximum absolute atomic E-state index is 8.70. The summed E-state index contributed by atoms with van der Waals surface area (Å²) in [6.07, 6.45) is 3.28. The predicted molar refractivity (Wildman–Crippen MR) is 67.7 cm³/mol. The standard InChI is InChI=1S/C10H10N4OS2/c1-6-5-16-10(13-6)17-8-4-12-3-2-7(8)9(11)14-15/h2-5,15H,1H3,(H2,11,14). The fourth-order valence-corrected chi connectivity index (χ4v) is 3.10. The van der Waals surface area contributed by atoms with Gasteiger partial charge in [-0.15, -0.1) is 11.3 Å². The number of pyridine rings is 1. The number of aromatic nitrogens is 2. The Morgan fingerprint density at radius 2 is 2.41 bits per heavy atom. The molecule has 7 heteroatoms. The van der Waals surface area contributed by atoms with Crippen LogP contribution in [-0.4, -0.2) is 21.0 Å². The highest BCUT2D eigenvalue weighted by atomic mass is 32.2. The third-order valence-electron chi connectivity index (χ3n) is 1.96. The highest BCUT2D eigenvalue weighted by molar-refractivity contribution is 8.01. The van der Waals surface area contributed by atoms with E-state index in [2.05, 4.69) is 15.1 Å². The van der Waals surface area contributed by atoms with Gasteiger partial charge in [-0.3, -0.25) is 4.98 Å². The van der Waals surface area contributed by atoms with Gasteiger partial charge in [-0.05, 0) is 13.0 Å². The summed E-state index contributed by atoms with van der Waals surface area (Å²) in [5.41, 5.74) is 7.23. The van der Waals surface area contributed by atoms with E-state index in [-0.39, 0.29) is 5.84 Å². The van der Waals surface area contributed by atoms with E-state index in [1.807, 2.05) is 12.3 Å². The monoisotopic (exact) mass is 266 g/mol. The van der Waals surface area contributed by atoms with Crippen molar-refractivity contribution >= 4 is 28.9 Å². The van der Waals surface area contributed by atoms with Gasteiger partial charge in [-0.25, -0.2) is 4.98 Å². The normalized spacial score (nSPS) is 11.7. The third kappa shape index (κ3) is 2.75. The molecular weight excluding hydrogens is 256 g/mol. The molecule has 0 amide bonds.